The second-order valence-electron chi connectivity index (χ2n) is 5.03. The molecule has 0 bridgehead atoms. The molecule has 1 rings (SSSR count). The van der Waals surface area contributed by atoms with E-state index in [1.54, 1.807) is 12.5 Å². The summed E-state index contributed by atoms with van der Waals surface area (Å²) in [6.07, 6.45) is 7.66. The van der Waals surface area contributed by atoms with Crippen LogP contribution >= 0.6 is 0 Å². The standard InChI is InChI=1S/C15H25N3O3/c1-3-5-6-7-14(19)18-13(15(20)21-8-4-2)9-12-10-16-11-17-12/h10-11,13H,3-9H2,1-2H3,(H,16,17)(H,18,19)/t13-/m0/s1. The first kappa shape index (κ1) is 17.2. The highest BCUT2D eigenvalue weighted by molar-refractivity contribution is 5.84. The van der Waals surface area contributed by atoms with Gasteiger partial charge < -0.3 is 15.0 Å². The molecule has 0 saturated heterocycles. The lowest BCUT2D eigenvalue weighted by atomic mass is 10.1. The van der Waals surface area contributed by atoms with E-state index in [0.29, 0.717) is 19.4 Å². The monoisotopic (exact) mass is 295 g/mol. The average molecular weight is 295 g/mol. The molecule has 0 aromatic carbocycles. The van der Waals surface area contributed by atoms with Crippen molar-refractivity contribution in [3.8, 4) is 0 Å². The van der Waals surface area contributed by atoms with Crippen molar-refractivity contribution in [2.75, 3.05) is 6.61 Å². The minimum Gasteiger partial charge on any atom is -0.464 e. The zero-order valence-corrected chi connectivity index (χ0v) is 12.9. The molecule has 0 unspecified atom stereocenters. The zero-order chi connectivity index (χ0) is 15.5. The molecular formula is C15H25N3O3. The molecule has 21 heavy (non-hydrogen) atoms. The Balaban J connectivity index is 2.54. The number of hydrogen-bond donors (Lipinski definition) is 2. The number of carbonyl (C=O) groups is 2. The van der Waals surface area contributed by atoms with Gasteiger partial charge in [0.2, 0.25) is 5.91 Å². The number of aromatic amines is 1. The fourth-order valence-electron chi connectivity index (χ4n) is 1.91. The van der Waals surface area contributed by atoms with E-state index in [1.807, 2.05) is 6.92 Å². The Morgan fingerprint density at radius 2 is 2.14 bits per heavy atom. The van der Waals surface area contributed by atoms with E-state index in [-0.39, 0.29) is 5.91 Å². The van der Waals surface area contributed by atoms with Crippen LogP contribution in [0, 0.1) is 0 Å². The maximum absolute atomic E-state index is 12.0. The van der Waals surface area contributed by atoms with Gasteiger partial charge >= 0.3 is 5.97 Å². The van der Waals surface area contributed by atoms with Gasteiger partial charge in [-0.15, -0.1) is 0 Å². The molecule has 0 aliphatic heterocycles. The van der Waals surface area contributed by atoms with E-state index in [0.717, 1.165) is 31.4 Å². The Hall–Kier alpha value is -1.85. The molecule has 1 aromatic rings. The summed E-state index contributed by atoms with van der Waals surface area (Å²) in [5.41, 5.74) is 0.794. The van der Waals surface area contributed by atoms with Crippen LogP contribution in [0.5, 0.6) is 0 Å². The smallest absolute Gasteiger partial charge is 0.329 e. The van der Waals surface area contributed by atoms with Crippen LogP contribution in [0.1, 0.15) is 51.6 Å². The summed E-state index contributed by atoms with van der Waals surface area (Å²) in [6.45, 7) is 4.38. The third kappa shape index (κ3) is 6.92. The topological polar surface area (TPSA) is 84.1 Å². The Kier molecular flexibility index (Phi) is 8.16. The minimum atomic E-state index is -0.661. The highest BCUT2D eigenvalue weighted by Gasteiger charge is 2.22. The number of imidazole rings is 1. The molecule has 0 radical (unpaired) electrons. The van der Waals surface area contributed by atoms with Crippen molar-refractivity contribution >= 4 is 11.9 Å². The summed E-state index contributed by atoms with van der Waals surface area (Å²) in [7, 11) is 0. The van der Waals surface area contributed by atoms with Crippen molar-refractivity contribution in [1.29, 1.82) is 0 Å². The largest absolute Gasteiger partial charge is 0.464 e. The highest BCUT2D eigenvalue weighted by atomic mass is 16.5. The maximum atomic E-state index is 12.0. The summed E-state index contributed by atoms with van der Waals surface area (Å²) in [5.74, 6) is -0.503. The van der Waals surface area contributed by atoms with Crippen LogP contribution in [0.4, 0.5) is 0 Å². The van der Waals surface area contributed by atoms with Gasteiger partial charge in [-0.1, -0.05) is 26.7 Å². The van der Waals surface area contributed by atoms with E-state index < -0.39 is 12.0 Å². The molecule has 6 nitrogen and oxygen atoms in total. The van der Waals surface area contributed by atoms with Gasteiger partial charge in [0.1, 0.15) is 6.04 Å². The van der Waals surface area contributed by atoms with Crippen molar-refractivity contribution in [2.24, 2.45) is 0 Å². The van der Waals surface area contributed by atoms with Crippen molar-refractivity contribution in [3.05, 3.63) is 18.2 Å². The normalized spacial score (nSPS) is 11.9. The molecule has 0 fully saturated rings. The van der Waals surface area contributed by atoms with Gasteiger partial charge in [-0.05, 0) is 12.8 Å². The summed E-state index contributed by atoms with van der Waals surface area (Å²) in [6, 6.07) is -0.661. The third-order valence-corrected chi connectivity index (χ3v) is 3.05. The van der Waals surface area contributed by atoms with Gasteiger partial charge in [-0.25, -0.2) is 9.78 Å². The lowest BCUT2D eigenvalue weighted by molar-refractivity contribution is -0.147. The Bertz CT molecular complexity index is 418. The van der Waals surface area contributed by atoms with Crippen molar-refractivity contribution in [1.82, 2.24) is 15.3 Å². The number of carbonyl (C=O) groups excluding carboxylic acids is 2. The molecule has 1 atom stereocenters. The zero-order valence-electron chi connectivity index (χ0n) is 12.9. The average Bonchev–Trinajstić information content (AvgIpc) is 2.97. The quantitative estimate of drug-likeness (QED) is 0.510. The van der Waals surface area contributed by atoms with Crippen LogP contribution in [0.15, 0.2) is 12.5 Å². The number of unbranched alkanes of at least 4 members (excludes halogenated alkanes) is 2. The first-order chi connectivity index (χ1) is 10.2. The predicted octanol–water partition coefficient (Wildman–Crippen LogP) is 1.97. The molecule has 0 saturated carbocycles. The molecule has 1 heterocycles. The molecule has 1 aromatic heterocycles. The Labute approximate surface area is 125 Å². The van der Waals surface area contributed by atoms with Crippen molar-refractivity contribution in [3.63, 3.8) is 0 Å². The second-order valence-corrected chi connectivity index (χ2v) is 5.03. The first-order valence-corrected chi connectivity index (χ1v) is 7.60. The van der Waals surface area contributed by atoms with Crippen LogP contribution in [0.25, 0.3) is 0 Å². The number of nitrogens with zero attached hydrogens (tertiary/aromatic N) is 1. The van der Waals surface area contributed by atoms with Gasteiger partial charge in [0, 0.05) is 24.7 Å². The third-order valence-electron chi connectivity index (χ3n) is 3.05. The number of nitrogens with one attached hydrogen (secondary N) is 2. The molecule has 0 spiro atoms. The van der Waals surface area contributed by atoms with E-state index >= 15 is 0 Å². The first-order valence-electron chi connectivity index (χ1n) is 7.60. The van der Waals surface area contributed by atoms with Crippen LogP contribution in [-0.4, -0.2) is 34.5 Å². The van der Waals surface area contributed by atoms with E-state index in [9.17, 15) is 9.59 Å². The summed E-state index contributed by atoms with van der Waals surface area (Å²) in [4.78, 5) is 30.8. The van der Waals surface area contributed by atoms with Crippen LogP contribution < -0.4 is 5.32 Å². The Morgan fingerprint density at radius 1 is 1.33 bits per heavy atom. The minimum absolute atomic E-state index is 0.110. The number of H-pyrrole nitrogens is 1. The van der Waals surface area contributed by atoms with Crippen molar-refractivity contribution in [2.45, 2.75) is 58.4 Å². The lowest BCUT2D eigenvalue weighted by Crippen LogP contribution is -2.43. The molecule has 0 aliphatic carbocycles. The molecule has 1 amide bonds. The van der Waals surface area contributed by atoms with Crippen molar-refractivity contribution < 1.29 is 14.3 Å². The summed E-state index contributed by atoms with van der Waals surface area (Å²) < 4.78 is 5.14. The predicted molar refractivity (Wildman–Crippen MR) is 79.6 cm³/mol. The number of aromatic nitrogens is 2. The van der Waals surface area contributed by atoms with E-state index in [1.165, 1.54) is 0 Å². The van der Waals surface area contributed by atoms with Gasteiger partial charge in [0.15, 0.2) is 0 Å². The molecule has 0 aliphatic rings. The molecule has 6 heteroatoms. The fourth-order valence-corrected chi connectivity index (χ4v) is 1.91. The number of hydrogen-bond acceptors (Lipinski definition) is 4. The number of rotatable bonds is 10. The fraction of sp³-hybridized carbons (Fsp3) is 0.667. The van der Waals surface area contributed by atoms with Gasteiger partial charge in [-0.3, -0.25) is 4.79 Å². The van der Waals surface area contributed by atoms with E-state index in [2.05, 4.69) is 22.2 Å². The van der Waals surface area contributed by atoms with E-state index in [4.69, 9.17) is 4.74 Å². The van der Waals surface area contributed by atoms with Gasteiger partial charge in [0.25, 0.3) is 0 Å². The molecule has 2 N–H and O–H groups in total. The number of amides is 1. The van der Waals surface area contributed by atoms with Crippen LogP contribution in [0.3, 0.4) is 0 Å². The molecule has 118 valence electrons. The highest BCUT2D eigenvalue weighted by Crippen LogP contribution is 2.04. The van der Waals surface area contributed by atoms with Gasteiger partial charge in [-0.2, -0.15) is 0 Å². The Morgan fingerprint density at radius 3 is 2.76 bits per heavy atom. The van der Waals surface area contributed by atoms with Crippen LogP contribution in [0.2, 0.25) is 0 Å². The maximum Gasteiger partial charge on any atom is 0.329 e. The second kappa shape index (κ2) is 9.96. The number of esters is 1. The van der Waals surface area contributed by atoms with Crippen LogP contribution in [-0.2, 0) is 20.7 Å². The summed E-state index contributed by atoms with van der Waals surface area (Å²) in [5, 5.41) is 2.76. The van der Waals surface area contributed by atoms with Gasteiger partial charge in [0.05, 0.1) is 12.9 Å². The number of ether oxygens (including phenoxy) is 1. The lowest BCUT2D eigenvalue weighted by Gasteiger charge is -2.17. The SMILES string of the molecule is CCCCCC(=O)N[C@@H](Cc1cnc[nH]1)C(=O)OCCC. The molecular weight excluding hydrogens is 270 g/mol. The summed E-state index contributed by atoms with van der Waals surface area (Å²) >= 11 is 0.